The van der Waals surface area contributed by atoms with Gasteiger partial charge in [0.25, 0.3) is 0 Å². The zero-order valence-electron chi connectivity index (χ0n) is 9.79. The molecule has 0 aliphatic carbocycles. The van der Waals surface area contributed by atoms with Crippen molar-refractivity contribution >= 4 is 53.4 Å². The van der Waals surface area contributed by atoms with E-state index in [0.717, 1.165) is 10.7 Å². The van der Waals surface area contributed by atoms with E-state index in [0.29, 0.717) is 0 Å². The van der Waals surface area contributed by atoms with Crippen LogP contribution in [0.25, 0.3) is 21.5 Å². The van der Waals surface area contributed by atoms with Crippen LogP contribution in [0.4, 0.5) is 0 Å². The lowest BCUT2D eigenvalue weighted by Gasteiger charge is -2.11. The second kappa shape index (κ2) is 5.02. The number of hydrogen-bond donors (Lipinski definition) is 0. The lowest BCUT2D eigenvalue weighted by atomic mass is 9.95. The molecule has 0 saturated carbocycles. The first-order valence-electron chi connectivity index (χ1n) is 5.89. The highest BCUT2D eigenvalue weighted by molar-refractivity contribution is 9.08. The van der Waals surface area contributed by atoms with Crippen molar-refractivity contribution in [3.63, 3.8) is 0 Å². The van der Waals surface area contributed by atoms with Crippen LogP contribution in [0.5, 0.6) is 0 Å². The molecule has 0 aliphatic heterocycles. The van der Waals surface area contributed by atoms with Crippen molar-refractivity contribution in [1.82, 2.24) is 0 Å². The number of alkyl halides is 2. The molecule has 3 rings (SSSR count). The Hall–Kier alpha value is -0.860. The molecule has 0 fully saturated rings. The number of halogens is 2. The van der Waals surface area contributed by atoms with Crippen LogP contribution in [0.1, 0.15) is 11.1 Å². The fourth-order valence-electron chi connectivity index (χ4n) is 2.53. The monoisotopic (exact) mass is 362 g/mol. The van der Waals surface area contributed by atoms with Crippen LogP contribution in [0.2, 0.25) is 0 Å². The van der Waals surface area contributed by atoms with Gasteiger partial charge in [-0.2, -0.15) is 0 Å². The molecular weight excluding hydrogens is 352 g/mol. The third-order valence-electron chi connectivity index (χ3n) is 3.35. The summed E-state index contributed by atoms with van der Waals surface area (Å²) in [4.78, 5) is 0. The highest BCUT2D eigenvalue weighted by Crippen LogP contribution is 2.32. The Balaban J connectivity index is 2.57. The van der Waals surface area contributed by atoms with Crippen LogP contribution in [-0.2, 0) is 10.7 Å². The molecule has 0 aliphatic rings. The van der Waals surface area contributed by atoms with E-state index < -0.39 is 0 Å². The zero-order valence-corrected chi connectivity index (χ0v) is 13.0. The predicted molar refractivity (Wildman–Crippen MR) is 86.7 cm³/mol. The van der Waals surface area contributed by atoms with Gasteiger partial charge in [0.2, 0.25) is 0 Å². The molecule has 0 saturated heterocycles. The van der Waals surface area contributed by atoms with E-state index in [9.17, 15) is 0 Å². The smallest absolute Gasteiger partial charge is 0.0289 e. The first-order valence-corrected chi connectivity index (χ1v) is 8.13. The Morgan fingerprint density at radius 3 is 1.44 bits per heavy atom. The average molecular weight is 364 g/mol. The summed E-state index contributed by atoms with van der Waals surface area (Å²) in [6, 6.07) is 17.4. The Morgan fingerprint density at radius 2 is 1.06 bits per heavy atom. The average Bonchev–Trinajstić information content (AvgIpc) is 2.45. The Bertz CT molecular complexity index is 654. The quantitative estimate of drug-likeness (QED) is 0.399. The van der Waals surface area contributed by atoms with Gasteiger partial charge in [-0.3, -0.25) is 0 Å². The summed E-state index contributed by atoms with van der Waals surface area (Å²) >= 11 is 7.20. The standard InChI is InChI=1S/C16H12Br2/c17-9-13-5-1-3-11-7-8-12-4-2-6-14(10-18)16(12)15(11)13/h1-8H,9-10H2. The van der Waals surface area contributed by atoms with E-state index in [1.54, 1.807) is 0 Å². The summed E-state index contributed by atoms with van der Waals surface area (Å²) in [5.74, 6) is 0. The van der Waals surface area contributed by atoms with E-state index in [-0.39, 0.29) is 0 Å². The van der Waals surface area contributed by atoms with Gasteiger partial charge in [0.1, 0.15) is 0 Å². The first kappa shape index (κ1) is 12.2. The molecule has 3 aromatic carbocycles. The lowest BCUT2D eigenvalue weighted by molar-refractivity contribution is 1.47. The molecular formula is C16H12Br2. The maximum Gasteiger partial charge on any atom is 0.0289 e. The van der Waals surface area contributed by atoms with Gasteiger partial charge in [0, 0.05) is 10.7 Å². The van der Waals surface area contributed by atoms with Crippen molar-refractivity contribution < 1.29 is 0 Å². The molecule has 0 atom stereocenters. The van der Waals surface area contributed by atoms with Crippen LogP contribution in [-0.4, -0.2) is 0 Å². The van der Waals surface area contributed by atoms with Gasteiger partial charge < -0.3 is 0 Å². The van der Waals surface area contributed by atoms with Crippen LogP contribution in [0, 0.1) is 0 Å². The fraction of sp³-hybridized carbons (Fsp3) is 0.125. The normalized spacial score (nSPS) is 11.2. The number of benzene rings is 3. The molecule has 0 spiro atoms. The Kier molecular flexibility index (Phi) is 3.40. The summed E-state index contributed by atoms with van der Waals surface area (Å²) in [5, 5.41) is 7.16. The summed E-state index contributed by atoms with van der Waals surface area (Å²) in [6.07, 6.45) is 0. The second-order valence-electron chi connectivity index (χ2n) is 4.36. The van der Waals surface area contributed by atoms with Crippen molar-refractivity contribution in [2.75, 3.05) is 0 Å². The van der Waals surface area contributed by atoms with Gasteiger partial charge in [-0.05, 0) is 32.7 Å². The molecule has 0 nitrogen and oxygen atoms in total. The molecule has 3 aromatic rings. The minimum Gasteiger partial charge on any atom is -0.0876 e. The highest BCUT2D eigenvalue weighted by atomic mass is 79.9. The largest absolute Gasteiger partial charge is 0.0876 e. The van der Waals surface area contributed by atoms with E-state index >= 15 is 0 Å². The van der Waals surface area contributed by atoms with Gasteiger partial charge >= 0.3 is 0 Å². The minimum atomic E-state index is 0.889. The maximum absolute atomic E-state index is 3.60. The second-order valence-corrected chi connectivity index (χ2v) is 5.48. The van der Waals surface area contributed by atoms with Crippen LogP contribution >= 0.6 is 31.9 Å². The number of rotatable bonds is 2. The third-order valence-corrected chi connectivity index (χ3v) is 4.55. The van der Waals surface area contributed by atoms with E-state index in [4.69, 9.17) is 0 Å². The Labute approximate surface area is 123 Å². The van der Waals surface area contributed by atoms with Crippen molar-refractivity contribution in [2.45, 2.75) is 10.7 Å². The van der Waals surface area contributed by atoms with Gasteiger partial charge in [-0.1, -0.05) is 80.4 Å². The van der Waals surface area contributed by atoms with Crippen molar-refractivity contribution in [3.8, 4) is 0 Å². The van der Waals surface area contributed by atoms with E-state index in [2.05, 4.69) is 80.4 Å². The molecule has 0 heterocycles. The molecule has 18 heavy (non-hydrogen) atoms. The van der Waals surface area contributed by atoms with Gasteiger partial charge in [-0.15, -0.1) is 0 Å². The van der Waals surface area contributed by atoms with Gasteiger partial charge in [-0.25, -0.2) is 0 Å². The summed E-state index contributed by atoms with van der Waals surface area (Å²) in [7, 11) is 0. The van der Waals surface area contributed by atoms with E-state index in [1.807, 2.05) is 0 Å². The topological polar surface area (TPSA) is 0 Å². The van der Waals surface area contributed by atoms with Crippen molar-refractivity contribution in [2.24, 2.45) is 0 Å². The van der Waals surface area contributed by atoms with Gasteiger partial charge in [0.05, 0.1) is 0 Å². The number of fused-ring (bicyclic) bond motifs is 3. The van der Waals surface area contributed by atoms with Crippen molar-refractivity contribution in [3.05, 3.63) is 59.7 Å². The number of hydrogen-bond acceptors (Lipinski definition) is 0. The fourth-order valence-corrected chi connectivity index (χ4v) is 3.46. The minimum absolute atomic E-state index is 0.889. The molecule has 0 unspecified atom stereocenters. The third kappa shape index (κ3) is 1.88. The zero-order chi connectivity index (χ0) is 12.5. The van der Waals surface area contributed by atoms with Gasteiger partial charge in [0.15, 0.2) is 0 Å². The van der Waals surface area contributed by atoms with Crippen LogP contribution in [0.15, 0.2) is 48.5 Å². The molecule has 90 valence electrons. The SMILES string of the molecule is BrCc1cccc2ccc3cccc(CBr)c3c12. The molecule has 0 N–H and O–H groups in total. The molecule has 0 amide bonds. The molecule has 0 aromatic heterocycles. The van der Waals surface area contributed by atoms with Crippen molar-refractivity contribution in [1.29, 1.82) is 0 Å². The van der Waals surface area contributed by atoms with Crippen LogP contribution in [0.3, 0.4) is 0 Å². The summed E-state index contributed by atoms with van der Waals surface area (Å²) < 4.78 is 0. The lowest BCUT2D eigenvalue weighted by Crippen LogP contribution is -1.88. The maximum atomic E-state index is 3.60. The Morgan fingerprint density at radius 1 is 0.611 bits per heavy atom. The highest BCUT2D eigenvalue weighted by Gasteiger charge is 2.08. The first-order chi connectivity index (χ1) is 8.85. The molecule has 2 heteroatoms. The molecule has 0 radical (unpaired) electrons. The molecule has 0 bridgehead atoms. The van der Waals surface area contributed by atoms with E-state index in [1.165, 1.54) is 32.7 Å². The predicted octanol–water partition coefficient (Wildman–Crippen LogP) is 5.78. The summed E-state index contributed by atoms with van der Waals surface area (Å²) in [6.45, 7) is 0. The van der Waals surface area contributed by atoms with Crippen LogP contribution < -0.4 is 0 Å². The summed E-state index contributed by atoms with van der Waals surface area (Å²) in [5.41, 5.74) is 2.71.